The van der Waals surface area contributed by atoms with Gasteiger partial charge in [-0.15, -0.1) is 24.9 Å². The van der Waals surface area contributed by atoms with E-state index in [-0.39, 0.29) is 37.5 Å². The van der Waals surface area contributed by atoms with E-state index in [1.807, 2.05) is 39.8 Å². The molecule has 6 atom stereocenters. The number of carbonyl (C=O) groups excluding carboxylic acids is 3. The number of aliphatic hydroxyl groups is 1. The highest BCUT2D eigenvalue weighted by atomic mass is 35.5. The van der Waals surface area contributed by atoms with Crippen LogP contribution >= 0.6 is 23.4 Å². The van der Waals surface area contributed by atoms with Crippen molar-refractivity contribution in [3.05, 3.63) is 54.1 Å². The monoisotopic (exact) mass is 574 g/mol. The van der Waals surface area contributed by atoms with Crippen LogP contribution in [-0.2, 0) is 19.1 Å². The number of hydrogen-bond donors (Lipinski definition) is 1. The topological polar surface area (TPSA) is 87.1 Å². The second-order valence-electron chi connectivity index (χ2n) is 11.4. The van der Waals surface area contributed by atoms with Crippen molar-refractivity contribution >= 4 is 46.8 Å². The minimum atomic E-state index is -0.886. The van der Waals surface area contributed by atoms with Crippen molar-refractivity contribution in [1.82, 2.24) is 4.90 Å². The lowest BCUT2D eigenvalue weighted by molar-refractivity contribution is -0.156. The Morgan fingerprint density at radius 2 is 2.03 bits per heavy atom. The van der Waals surface area contributed by atoms with E-state index in [4.69, 9.17) is 16.3 Å². The third-order valence-corrected chi connectivity index (χ3v) is 10.9. The van der Waals surface area contributed by atoms with Gasteiger partial charge in [0.05, 0.1) is 46.5 Å². The number of aliphatic hydroxyl groups excluding tert-OH is 1. The van der Waals surface area contributed by atoms with Crippen molar-refractivity contribution in [3.63, 3.8) is 0 Å². The molecule has 0 saturated carbocycles. The Hall–Kier alpha value is -2.29. The number of anilines is 1. The van der Waals surface area contributed by atoms with Crippen LogP contribution in [0.1, 0.15) is 45.6 Å². The minimum Gasteiger partial charge on any atom is -0.465 e. The number of amides is 2. The number of rotatable bonds is 11. The van der Waals surface area contributed by atoms with Gasteiger partial charge in [0, 0.05) is 11.3 Å². The summed E-state index contributed by atoms with van der Waals surface area (Å²) in [6.45, 7) is 15.4. The summed E-state index contributed by atoms with van der Waals surface area (Å²) in [5, 5.41) is 10.9. The van der Waals surface area contributed by atoms with Gasteiger partial charge in [-0.3, -0.25) is 14.4 Å². The average Bonchev–Trinajstić information content (AvgIpc) is 3.44. The van der Waals surface area contributed by atoms with E-state index in [9.17, 15) is 19.5 Å². The van der Waals surface area contributed by atoms with E-state index in [0.717, 1.165) is 5.56 Å². The summed E-state index contributed by atoms with van der Waals surface area (Å²) in [5.41, 5.74) is 1.40. The van der Waals surface area contributed by atoms with Crippen LogP contribution in [0.15, 0.2) is 43.5 Å². The molecule has 0 aliphatic carbocycles. The number of hydrogen-bond acceptors (Lipinski definition) is 6. The maximum Gasteiger partial charge on any atom is 0.311 e. The molecule has 3 saturated heterocycles. The number of ether oxygens (including phenoxy) is 1. The standard InChI is InChI=1S/C30H39ClN2O5S/c1-7-9-16-38-28(37)23-22-26(35)33(21(17-34)18(3)4)25(30(22)14-13-29(23,6)39-30)27(36)32(15-8-2)24-19(5)11-10-12-20(24)31/h7-8,10-12,18,21-23,25,34H,1-2,9,13-17H2,3-6H3/t21-,22-,23-,25?,29+,30?/m0/s1. The maximum atomic E-state index is 14.8. The number of halogens is 1. The fraction of sp³-hybridized carbons (Fsp3) is 0.567. The third kappa shape index (κ3) is 4.72. The van der Waals surface area contributed by atoms with Gasteiger partial charge in [-0.2, -0.15) is 0 Å². The summed E-state index contributed by atoms with van der Waals surface area (Å²) in [5.74, 6) is -2.48. The van der Waals surface area contributed by atoms with E-state index in [0.29, 0.717) is 30.0 Å². The van der Waals surface area contributed by atoms with Crippen molar-refractivity contribution in [2.24, 2.45) is 17.8 Å². The Kier molecular flexibility index (Phi) is 8.60. The van der Waals surface area contributed by atoms with Crippen molar-refractivity contribution in [2.75, 3.05) is 24.7 Å². The molecule has 1 spiro atoms. The Labute approximate surface area is 240 Å². The zero-order valence-electron chi connectivity index (χ0n) is 23.2. The van der Waals surface area contributed by atoms with Gasteiger partial charge in [0.1, 0.15) is 6.04 Å². The molecule has 3 aliphatic rings. The van der Waals surface area contributed by atoms with Crippen LogP contribution in [0.5, 0.6) is 0 Å². The molecule has 2 amide bonds. The van der Waals surface area contributed by atoms with Crippen molar-refractivity contribution in [1.29, 1.82) is 0 Å². The Morgan fingerprint density at radius 1 is 1.31 bits per heavy atom. The van der Waals surface area contributed by atoms with Gasteiger partial charge in [0.2, 0.25) is 5.91 Å². The molecule has 3 heterocycles. The molecule has 0 radical (unpaired) electrons. The molecule has 39 heavy (non-hydrogen) atoms. The zero-order valence-corrected chi connectivity index (χ0v) is 24.8. The first-order valence-electron chi connectivity index (χ1n) is 13.6. The lowest BCUT2D eigenvalue weighted by Crippen LogP contribution is -2.58. The number of likely N-dealkylation sites (tertiary alicyclic amines) is 1. The van der Waals surface area contributed by atoms with Gasteiger partial charge in [0.25, 0.3) is 5.91 Å². The molecule has 3 fully saturated rings. The van der Waals surface area contributed by atoms with Crippen molar-refractivity contribution < 1.29 is 24.2 Å². The van der Waals surface area contributed by atoms with Gasteiger partial charge in [-0.25, -0.2) is 0 Å². The molecule has 7 nitrogen and oxygen atoms in total. The fourth-order valence-corrected chi connectivity index (χ4v) is 9.49. The van der Waals surface area contributed by atoms with Gasteiger partial charge < -0.3 is 19.6 Å². The normalized spacial score (nSPS) is 29.9. The van der Waals surface area contributed by atoms with E-state index in [2.05, 4.69) is 13.2 Å². The van der Waals surface area contributed by atoms with Crippen LogP contribution in [0.4, 0.5) is 5.69 Å². The lowest BCUT2D eigenvalue weighted by Gasteiger charge is -2.41. The second-order valence-corrected chi connectivity index (χ2v) is 13.7. The van der Waals surface area contributed by atoms with E-state index in [1.54, 1.807) is 39.8 Å². The maximum absolute atomic E-state index is 14.8. The quantitative estimate of drug-likeness (QED) is 0.232. The summed E-state index contributed by atoms with van der Waals surface area (Å²) in [6.07, 6.45) is 5.13. The molecule has 2 bridgehead atoms. The molecule has 2 unspecified atom stereocenters. The molecular formula is C30H39ClN2O5S. The first-order valence-corrected chi connectivity index (χ1v) is 14.8. The van der Waals surface area contributed by atoms with E-state index < -0.39 is 39.4 Å². The molecule has 212 valence electrons. The summed E-state index contributed by atoms with van der Waals surface area (Å²) in [4.78, 5) is 45.8. The van der Waals surface area contributed by atoms with Crippen LogP contribution in [0, 0.1) is 24.7 Å². The molecule has 9 heteroatoms. The number of nitrogens with zero attached hydrogens (tertiary/aromatic N) is 2. The van der Waals surface area contributed by atoms with Crippen molar-refractivity contribution in [2.45, 2.75) is 68.5 Å². The molecule has 0 aromatic heterocycles. The minimum absolute atomic E-state index is 0.116. The molecule has 3 aliphatic heterocycles. The van der Waals surface area contributed by atoms with Gasteiger partial charge in [-0.1, -0.05) is 49.7 Å². The zero-order chi connectivity index (χ0) is 28.7. The molecule has 1 N–H and O–H groups in total. The predicted octanol–water partition coefficient (Wildman–Crippen LogP) is 4.78. The average molecular weight is 575 g/mol. The van der Waals surface area contributed by atoms with Crippen LogP contribution in [0.3, 0.4) is 0 Å². The number of para-hydroxylation sites is 1. The fourth-order valence-electron chi connectivity index (χ4n) is 6.84. The number of esters is 1. The van der Waals surface area contributed by atoms with Crippen LogP contribution in [-0.4, -0.2) is 69.1 Å². The molecule has 1 aromatic rings. The van der Waals surface area contributed by atoms with Crippen LogP contribution < -0.4 is 4.90 Å². The summed E-state index contributed by atoms with van der Waals surface area (Å²) >= 11 is 8.21. The predicted molar refractivity (Wildman–Crippen MR) is 156 cm³/mol. The highest BCUT2D eigenvalue weighted by Crippen LogP contribution is 2.72. The highest BCUT2D eigenvalue weighted by Gasteiger charge is 2.78. The van der Waals surface area contributed by atoms with E-state index >= 15 is 0 Å². The number of fused-ring (bicyclic) bond motifs is 1. The van der Waals surface area contributed by atoms with Crippen LogP contribution in [0.2, 0.25) is 5.02 Å². The first-order chi connectivity index (χ1) is 18.5. The lowest BCUT2D eigenvalue weighted by atomic mass is 9.66. The number of thioether (sulfide) groups is 1. The van der Waals surface area contributed by atoms with Crippen molar-refractivity contribution in [3.8, 4) is 0 Å². The number of benzene rings is 1. The summed E-state index contributed by atoms with van der Waals surface area (Å²) < 4.78 is 4.25. The van der Waals surface area contributed by atoms with Crippen LogP contribution in [0.25, 0.3) is 0 Å². The Morgan fingerprint density at radius 3 is 2.62 bits per heavy atom. The largest absolute Gasteiger partial charge is 0.465 e. The van der Waals surface area contributed by atoms with Gasteiger partial charge >= 0.3 is 5.97 Å². The molecular weight excluding hydrogens is 536 g/mol. The Balaban J connectivity index is 1.86. The summed E-state index contributed by atoms with van der Waals surface area (Å²) in [6, 6.07) is 3.98. The second kappa shape index (κ2) is 11.3. The van der Waals surface area contributed by atoms with Gasteiger partial charge in [0.15, 0.2) is 0 Å². The highest BCUT2D eigenvalue weighted by molar-refractivity contribution is 8.02. The van der Waals surface area contributed by atoms with Gasteiger partial charge in [-0.05, 0) is 50.7 Å². The smallest absolute Gasteiger partial charge is 0.311 e. The SMILES string of the molecule is C=CCCOC(=O)[C@@H]1[C@H]2C(=O)N([C@@H](CO)C(C)C)C(C(=O)N(CC=C)c3c(C)cccc3Cl)C23CC[C@@]1(C)S3. The van der Waals surface area contributed by atoms with E-state index in [1.165, 1.54) is 0 Å². The molecule has 1 aromatic carbocycles. The third-order valence-electron chi connectivity index (χ3n) is 8.62. The number of aryl methyl sites for hydroxylation is 1. The molecule has 4 rings (SSSR count). The number of carbonyl (C=O) groups is 3. The summed E-state index contributed by atoms with van der Waals surface area (Å²) in [7, 11) is 0. The Bertz CT molecular complexity index is 1150. The first kappa shape index (κ1) is 29.7.